The maximum Gasteiger partial charge on any atom is 0.422 e. The number of carbonyl (C=O) groups excluding carboxylic acids is 1. The van der Waals surface area contributed by atoms with E-state index >= 15 is 0 Å². The topological polar surface area (TPSA) is 26.3 Å². The second kappa shape index (κ2) is 3.36. The zero-order chi connectivity index (χ0) is 10.6. The molecule has 0 aromatic rings. The lowest BCUT2D eigenvalue weighted by Gasteiger charge is -2.05. The summed E-state index contributed by atoms with van der Waals surface area (Å²) in [6.07, 6.45) is -4.75. The van der Waals surface area contributed by atoms with Crippen LogP contribution >= 0.6 is 0 Å². The Bertz CT molecular complexity index is 231. The van der Waals surface area contributed by atoms with Crippen molar-refractivity contribution in [3.8, 4) is 0 Å². The number of alkyl halides is 3. The summed E-state index contributed by atoms with van der Waals surface area (Å²) in [4.78, 5) is 10.2. The molecular formula is C5H4F4O2. The Labute approximate surface area is 62.3 Å². The maximum absolute atomic E-state index is 12.2. The molecule has 0 N–H and O–H groups in total. The Balaban J connectivity index is 4.12. The molecule has 0 aliphatic rings. The van der Waals surface area contributed by atoms with Gasteiger partial charge >= 0.3 is 12.1 Å². The minimum absolute atomic E-state index is 1.52. The average Bonchev–Trinajstić information content (AvgIpc) is 1.97. The molecule has 0 radical (unpaired) electrons. The molecule has 0 saturated heterocycles. The summed E-state index contributed by atoms with van der Waals surface area (Å²) in [7, 11) is 0. The van der Waals surface area contributed by atoms with E-state index in [1.807, 2.05) is 0 Å². The fourth-order valence-corrected chi connectivity index (χ4v) is 0.211. The van der Waals surface area contributed by atoms with Gasteiger partial charge in [0.15, 0.2) is 6.61 Å². The molecule has 0 saturated carbocycles. The standard InChI is InChI=1S/C5H4F4O2/c1-3(6)4(10)11-2-5(7,8)9/h1-2H2/i1D2. The number of carbonyl (C=O) groups is 1. The third kappa shape index (κ3) is 5.38. The first-order valence-corrected chi connectivity index (χ1v) is 2.31. The highest BCUT2D eigenvalue weighted by molar-refractivity contribution is 5.85. The van der Waals surface area contributed by atoms with Gasteiger partial charge in [-0.3, -0.25) is 0 Å². The van der Waals surface area contributed by atoms with Gasteiger partial charge in [-0.1, -0.05) is 6.53 Å². The van der Waals surface area contributed by atoms with Crippen LogP contribution in [0.1, 0.15) is 2.74 Å². The van der Waals surface area contributed by atoms with E-state index in [4.69, 9.17) is 2.74 Å². The van der Waals surface area contributed by atoms with Gasteiger partial charge in [-0.05, 0) is 0 Å². The second-order valence-corrected chi connectivity index (χ2v) is 1.51. The van der Waals surface area contributed by atoms with E-state index in [-0.39, 0.29) is 0 Å². The summed E-state index contributed by atoms with van der Waals surface area (Å²) in [6.45, 7) is -3.46. The number of esters is 1. The first kappa shape index (κ1) is 6.63. The lowest BCUT2D eigenvalue weighted by atomic mass is 10.6. The predicted molar refractivity (Wildman–Crippen MR) is 27.3 cm³/mol. The molecule has 0 unspecified atom stereocenters. The van der Waals surface area contributed by atoms with Crippen molar-refractivity contribution in [1.82, 2.24) is 0 Å². The highest BCUT2D eigenvalue weighted by Crippen LogP contribution is 2.15. The minimum atomic E-state index is -4.75. The normalized spacial score (nSPS) is 13.1. The molecule has 11 heavy (non-hydrogen) atoms. The molecule has 2 nitrogen and oxygen atoms in total. The molecule has 0 amide bonds. The van der Waals surface area contributed by atoms with E-state index in [9.17, 15) is 22.4 Å². The zero-order valence-corrected chi connectivity index (χ0v) is 5.04. The van der Waals surface area contributed by atoms with E-state index in [2.05, 4.69) is 4.74 Å². The van der Waals surface area contributed by atoms with Crippen molar-refractivity contribution in [2.75, 3.05) is 6.61 Å². The molecule has 0 atom stereocenters. The first-order chi connectivity index (χ1) is 5.74. The highest BCUT2D eigenvalue weighted by Gasteiger charge is 2.29. The van der Waals surface area contributed by atoms with Gasteiger partial charge in [-0.15, -0.1) is 0 Å². The van der Waals surface area contributed by atoms with Crippen molar-refractivity contribution in [3.63, 3.8) is 0 Å². The van der Waals surface area contributed by atoms with Gasteiger partial charge in [0.1, 0.15) is 0 Å². The average molecular weight is 174 g/mol. The van der Waals surface area contributed by atoms with Gasteiger partial charge in [0.05, 0.1) is 2.74 Å². The fraction of sp³-hybridized carbons (Fsp3) is 0.400. The van der Waals surface area contributed by atoms with E-state index in [1.165, 1.54) is 0 Å². The van der Waals surface area contributed by atoms with Gasteiger partial charge in [0, 0.05) is 0 Å². The second-order valence-electron chi connectivity index (χ2n) is 1.51. The molecule has 0 fully saturated rings. The predicted octanol–water partition coefficient (Wildman–Crippen LogP) is 1.58. The van der Waals surface area contributed by atoms with E-state index < -0.39 is 31.1 Å². The van der Waals surface area contributed by atoms with Crippen molar-refractivity contribution >= 4 is 5.97 Å². The molecule has 0 aromatic heterocycles. The molecule has 0 spiro atoms. The van der Waals surface area contributed by atoms with Crippen molar-refractivity contribution in [1.29, 1.82) is 0 Å². The van der Waals surface area contributed by atoms with Crippen LogP contribution in [0.15, 0.2) is 12.4 Å². The number of hydrogen-bond donors (Lipinski definition) is 0. The molecule has 0 aliphatic heterocycles. The summed E-state index contributed by atoms with van der Waals surface area (Å²) in [5.74, 6) is -3.92. The highest BCUT2D eigenvalue weighted by atomic mass is 19.4. The van der Waals surface area contributed by atoms with Gasteiger partial charge in [0.2, 0.25) is 5.83 Å². The van der Waals surface area contributed by atoms with E-state index in [0.717, 1.165) is 0 Å². The summed E-state index contributed by atoms with van der Waals surface area (Å²) in [6, 6.07) is 0. The van der Waals surface area contributed by atoms with Crippen LogP contribution in [-0.2, 0) is 9.53 Å². The third-order valence-corrected chi connectivity index (χ3v) is 0.546. The largest absolute Gasteiger partial charge is 0.451 e. The molecule has 0 rings (SSSR count). The Kier molecular flexibility index (Phi) is 2.02. The first-order valence-electron chi connectivity index (χ1n) is 3.31. The zero-order valence-electron chi connectivity index (χ0n) is 7.04. The summed E-state index contributed by atoms with van der Waals surface area (Å²) >= 11 is 0. The van der Waals surface area contributed by atoms with Crippen LogP contribution in [0.5, 0.6) is 0 Å². The number of halogens is 4. The monoisotopic (exact) mass is 174 g/mol. The molecule has 0 heterocycles. The minimum Gasteiger partial charge on any atom is -0.451 e. The van der Waals surface area contributed by atoms with Gasteiger partial charge in [-0.2, -0.15) is 17.6 Å². The lowest BCUT2D eigenvalue weighted by molar-refractivity contribution is -0.184. The van der Waals surface area contributed by atoms with E-state index in [1.54, 1.807) is 0 Å². The Morgan fingerprint density at radius 3 is 2.55 bits per heavy atom. The molecule has 6 heteroatoms. The third-order valence-electron chi connectivity index (χ3n) is 0.546. The molecule has 0 bridgehead atoms. The fourth-order valence-electron chi connectivity index (χ4n) is 0.211. The number of ether oxygens (including phenoxy) is 1. The lowest BCUT2D eigenvalue weighted by Crippen LogP contribution is -2.20. The van der Waals surface area contributed by atoms with Crippen molar-refractivity contribution in [2.24, 2.45) is 0 Å². The Morgan fingerprint density at radius 2 is 2.18 bits per heavy atom. The van der Waals surface area contributed by atoms with E-state index in [0.29, 0.717) is 0 Å². The molecule has 64 valence electrons. The van der Waals surface area contributed by atoms with Crippen molar-refractivity contribution in [2.45, 2.75) is 6.18 Å². The van der Waals surface area contributed by atoms with Gasteiger partial charge in [0.25, 0.3) is 0 Å². The number of rotatable bonds is 2. The molecule has 0 aromatic carbocycles. The van der Waals surface area contributed by atoms with Crippen LogP contribution < -0.4 is 0 Å². The summed E-state index contributed by atoms with van der Waals surface area (Å²) < 4.78 is 62.1. The smallest absolute Gasteiger partial charge is 0.422 e. The molecular weight excluding hydrogens is 168 g/mol. The molecule has 0 aliphatic carbocycles. The Hall–Kier alpha value is -1.07. The van der Waals surface area contributed by atoms with Crippen LogP contribution in [0.4, 0.5) is 17.6 Å². The van der Waals surface area contributed by atoms with Crippen LogP contribution in [-0.4, -0.2) is 18.8 Å². The Morgan fingerprint density at radius 1 is 1.64 bits per heavy atom. The van der Waals surface area contributed by atoms with Crippen LogP contribution in [0.2, 0.25) is 0 Å². The van der Waals surface area contributed by atoms with Gasteiger partial charge in [-0.25, -0.2) is 4.79 Å². The summed E-state index contributed by atoms with van der Waals surface area (Å²) in [5.41, 5.74) is 0. The maximum atomic E-state index is 12.2. The van der Waals surface area contributed by atoms with Crippen LogP contribution in [0, 0.1) is 0 Å². The van der Waals surface area contributed by atoms with Crippen LogP contribution in [0.25, 0.3) is 0 Å². The quantitative estimate of drug-likeness (QED) is 0.361. The van der Waals surface area contributed by atoms with Crippen LogP contribution in [0.3, 0.4) is 0 Å². The SMILES string of the molecule is [2H]C([2H])=C(F)C(=O)OCC(F)(F)F. The number of hydrogen-bond acceptors (Lipinski definition) is 2. The van der Waals surface area contributed by atoms with Gasteiger partial charge < -0.3 is 4.74 Å². The summed E-state index contributed by atoms with van der Waals surface area (Å²) in [5, 5.41) is 0. The van der Waals surface area contributed by atoms with Crippen molar-refractivity contribution in [3.05, 3.63) is 12.4 Å². The van der Waals surface area contributed by atoms with Crippen molar-refractivity contribution < 1.29 is 29.8 Å².